The molecule has 0 aliphatic carbocycles. The Morgan fingerprint density at radius 1 is 1.50 bits per heavy atom. The molecule has 0 spiro atoms. The highest BCUT2D eigenvalue weighted by molar-refractivity contribution is 5.06. The SMILES string of the molecule is O=c1ccc(O[C@H]2CCCNC2)n[nH]1. The molecule has 1 saturated heterocycles. The molecule has 1 aliphatic heterocycles. The third-order valence-corrected chi connectivity index (χ3v) is 2.19. The summed E-state index contributed by atoms with van der Waals surface area (Å²) in [6, 6.07) is 3.01. The molecule has 1 fully saturated rings. The van der Waals surface area contributed by atoms with E-state index >= 15 is 0 Å². The van der Waals surface area contributed by atoms with E-state index in [1.54, 1.807) is 6.07 Å². The predicted octanol–water partition coefficient (Wildman–Crippen LogP) is -0.0993. The van der Waals surface area contributed by atoms with Gasteiger partial charge in [-0.2, -0.15) is 0 Å². The summed E-state index contributed by atoms with van der Waals surface area (Å²) < 4.78 is 5.57. The van der Waals surface area contributed by atoms with Crippen LogP contribution in [-0.2, 0) is 0 Å². The second kappa shape index (κ2) is 4.23. The molecule has 2 N–H and O–H groups in total. The Balaban J connectivity index is 1.96. The van der Waals surface area contributed by atoms with Crippen molar-refractivity contribution in [1.29, 1.82) is 0 Å². The third kappa shape index (κ3) is 2.32. The summed E-state index contributed by atoms with van der Waals surface area (Å²) in [7, 11) is 0. The first-order valence-electron chi connectivity index (χ1n) is 4.78. The minimum Gasteiger partial charge on any atom is -0.472 e. The predicted molar refractivity (Wildman–Crippen MR) is 51.4 cm³/mol. The van der Waals surface area contributed by atoms with Crippen LogP contribution in [0, 0.1) is 0 Å². The lowest BCUT2D eigenvalue weighted by molar-refractivity contribution is 0.158. The maximum atomic E-state index is 10.7. The molecular formula is C9H13N3O2. The first-order valence-corrected chi connectivity index (χ1v) is 4.78. The van der Waals surface area contributed by atoms with Crippen LogP contribution in [-0.4, -0.2) is 29.4 Å². The van der Waals surface area contributed by atoms with Gasteiger partial charge < -0.3 is 10.1 Å². The summed E-state index contributed by atoms with van der Waals surface area (Å²) in [6.07, 6.45) is 2.32. The first-order chi connectivity index (χ1) is 6.84. The van der Waals surface area contributed by atoms with Crippen LogP contribution >= 0.6 is 0 Å². The van der Waals surface area contributed by atoms with E-state index in [2.05, 4.69) is 15.5 Å². The molecule has 0 unspecified atom stereocenters. The molecule has 0 saturated carbocycles. The highest BCUT2D eigenvalue weighted by Gasteiger charge is 2.14. The molecule has 0 bridgehead atoms. The van der Waals surface area contributed by atoms with E-state index < -0.39 is 0 Å². The van der Waals surface area contributed by atoms with Gasteiger partial charge in [0.15, 0.2) is 0 Å². The number of nitrogens with one attached hydrogen (secondary N) is 2. The van der Waals surface area contributed by atoms with Gasteiger partial charge in [0.2, 0.25) is 5.88 Å². The summed E-state index contributed by atoms with van der Waals surface area (Å²) in [5.41, 5.74) is -0.209. The average Bonchev–Trinajstić information content (AvgIpc) is 2.23. The molecule has 5 nitrogen and oxygen atoms in total. The monoisotopic (exact) mass is 195 g/mol. The molecule has 14 heavy (non-hydrogen) atoms. The summed E-state index contributed by atoms with van der Waals surface area (Å²) in [6.45, 7) is 1.90. The zero-order valence-corrected chi connectivity index (χ0v) is 7.82. The van der Waals surface area contributed by atoms with Crippen molar-refractivity contribution < 1.29 is 4.74 Å². The maximum Gasteiger partial charge on any atom is 0.264 e. The second-order valence-electron chi connectivity index (χ2n) is 3.35. The number of piperidine rings is 1. The third-order valence-electron chi connectivity index (χ3n) is 2.19. The van der Waals surface area contributed by atoms with Gasteiger partial charge in [0, 0.05) is 18.7 Å². The summed E-state index contributed by atoms with van der Waals surface area (Å²) >= 11 is 0. The van der Waals surface area contributed by atoms with Gasteiger partial charge in [-0.05, 0) is 19.4 Å². The van der Waals surface area contributed by atoms with E-state index in [-0.39, 0.29) is 11.7 Å². The van der Waals surface area contributed by atoms with E-state index in [1.807, 2.05) is 0 Å². The number of aromatic amines is 1. The molecule has 1 aromatic rings. The molecule has 0 aromatic carbocycles. The van der Waals surface area contributed by atoms with Crippen LogP contribution in [0.25, 0.3) is 0 Å². The normalized spacial score (nSPS) is 21.9. The van der Waals surface area contributed by atoms with E-state index in [0.29, 0.717) is 5.88 Å². The van der Waals surface area contributed by atoms with Crippen molar-refractivity contribution in [2.24, 2.45) is 0 Å². The lowest BCUT2D eigenvalue weighted by atomic mass is 10.1. The van der Waals surface area contributed by atoms with Crippen LogP contribution in [0.15, 0.2) is 16.9 Å². The molecule has 5 heteroatoms. The number of aromatic nitrogens is 2. The summed E-state index contributed by atoms with van der Waals surface area (Å²) in [4.78, 5) is 10.7. The van der Waals surface area contributed by atoms with Crippen LogP contribution in [0.2, 0.25) is 0 Å². The van der Waals surface area contributed by atoms with Gasteiger partial charge in [0.1, 0.15) is 6.10 Å². The Hall–Kier alpha value is -1.36. The smallest absolute Gasteiger partial charge is 0.264 e. The van der Waals surface area contributed by atoms with Crippen LogP contribution < -0.4 is 15.6 Å². The van der Waals surface area contributed by atoms with Crippen LogP contribution in [0.1, 0.15) is 12.8 Å². The standard InChI is InChI=1S/C9H13N3O2/c13-8-3-4-9(12-11-8)14-7-2-1-5-10-6-7/h3-4,7,10H,1-2,5-6H2,(H,11,13)/t7-/m0/s1. The zero-order valence-electron chi connectivity index (χ0n) is 7.82. The van der Waals surface area contributed by atoms with Gasteiger partial charge >= 0.3 is 0 Å². The lowest BCUT2D eigenvalue weighted by Gasteiger charge is -2.22. The van der Waals surface area contributed by atoms with Crippen molar-refractivity contribution in [3.63, 3.8) is 0 Å². The minimum absolute atomic E-state index is 0.169. The number of hydrogen-bond acceptors (Lipinski definition) is 4. The Morgan fingerprint density at radius 3 is 3.07 bits per heavy atom. The van der Waals surface area contributed by atoms with Crippen molar-refractivity contribution >= 4 is 0 Å². The van der Waals surface area contributed by atoms with Crippen molar-refractivity contribution in [3.05, 3.63) is 22.5 Å². The molecule has 76 valence electrons. The molecule has 0 amide bonds. The van der Waals surface area contributed by atoms with Crippen LogP contribution in [0.4, 0.5) is 0 Å². The molecule has 1 atom stereocenters. The molecule has 0 radical (unpaired) electrons. The van der Waals surface area contributed by atoms with Crippen LogP contribution in [0.5, 0.6) is 5.88 Å². The summed E-state index contributed by atoms with van der Waals surface area (Å²) in [5, 5.41) is 9.37. The molecule has 2 heterocycles. The molecular weight excluding hydrogens is 182 g/mol. The largest absolute Gasteiger partial charge is 0.472 e. The fourth-order valence-corrected chi connectivity index (χ4v) is 1.49. The van der Waals surface area contributed by atoms with Crippen molar-refractivity contribution in [2.75, 3.05) is 13.1 Å². The Bertz CT molecular complexity index is 324. The van der Waals surface area contributed by atoms with Gasteiger partial charge in [-0.1, -0.05) is 0 Å². The zero-order chi connectivity index (χ0) is 9.80. The van der Waals surface area contributed by atoms with E-state index in [1.165, 1.54) is 6.07 Å². The van der Waals surface area contributed by atoms with Crippen molar-refractivity contribution in [2.45, 2.75) is 18.9 Å². The lowest BCUT2D eigenvalue weighted by Crippen LogP contribution is -2.37. The van der Waals surface area contributed by atoms with Crippen molar-refractivity contribution in [3.8, 4) is 5.88 Å². The highest BCUT2D eigenvalue weighted by Crippen LogP contribution is 2.10. The fourth-order valence-electron chi connectivity index (χ4n) is 1.49. The fraction of sp³-hybridized carbons (Fsp3) is 0.556. The topological polar surface area (TPSA) is 67.0 Å². The highest BCUT2D eigenvalue weighted by atomic mass is 16.5. The van der Waals surface area contributed by atoms with E-state index in [0.717, 1.165) is 25.9 Å². The van der Waals surface area contributed by atoms with Gasteiger partial charge in [-0.25, -0.2) is 5.10 Å². The Morgan fingerprint density at radius 2 is 2.43 bits per heavy atom. The molecule has 1 aromatic heterocycles. The average molecular weight is 195 g/mol. The molecule has 2 rings (SSSR count). The van der Waals surface area contributed by atoms with Gasteiger partial charge in [-0.3, -0.25) is 4.79 Å². The Kier molecular flexibility index (Phi) is 2.78. The minimum atomic E-state index is -0.209. The Labute approximate surface area is 81.5 Å². The van der Waals surface area contributed by atoms with Crippen molar-refractivity contribution in [1.82, 2.24) is 15.5 Å². The number of nitrogens with zero attached hydrogens (tertiary/aromatic N) is 1. The number of H-pyrrole nitrogens is 1. The number of hydrogen-bond donors (Lipinski definition) is 2. The van der Waals surface area contributed by atoms with Crippen LogP contribution in [0.3, 0.4) is 0 Å². The summed E-state index contributed by atoms with van der Waals surface area (Å²) in [5.74, 6) is 0.485. The van der Waals surface area contributed by atoms with E-state index in [9.17, 15) is 4.79 Å². The first kappa shape index (κ1) is 9.21. The maximum absolute atomic E-state index is 10.7. The van der Waals surface area contributed by atoms with E-state index in [4.69, 9.17) is 4.74 Å². The van der Waals surface area contributed by atoms with Gasteiger partial charge in [-0.15, -0.1) is 5.10 Å². The quantitative estimate of drug-likeness (QED) is 0.691. The molecule has 1 aliphatic rings. The van der Waals surface area contributed by atoms with Gasteiger partial charge in [0.25, 0.3) is 5.56 Å². The number of rotatable bonds is 2. The van der Waals surface area contributed by atoms with Gasteiger partial charge in [0.05, 0.1) is 0 Å². The number of ether oxygens (including phenoxy) is 1. The second-order valence-corrected chi connectivity index (χ2v) is 3.35.